The van der Waals surface area contributed by atoms with Crippen molar-refractivity contribution in [2.75, 3.05) is 13.7 Å². The quantitative estimate of drug-likeness (QED) is 0.755. The van der Waals surface area contributed by atoms with Crippen LogP contribution in [-0.2, 0) is 0 Å². The SMILES string of the molecule is CCCCOc1cc([C@H](C)O)ccc1OC. The first-order chi connectivity index (χ1) is 7.69. The van der Waals surface area contributed by atoms with Crippen molar-refractivity contribution < 1.29 is 14.6 Å². The van der Waals surface area contributed by atoms with Crippen molar-refractivity contribution in [1.29, 1.82) is 0 Å². The fourth-order valence-electron chi connectivity index (χ4n) is 1.39. The minimum atomic E-state index is -0.487. The standard InChI is InChI=1S/C13H20O3/c1-4-5-8-16-13-9-11(10(2)14)6-7-12(13)15-3/h6-7,9-10,14H,4-5,8H2,1-3H3/t10-/m0/s1. The topological polar surface area (TPSA) is 38.7 Å². The number of unbranched alkanes of at least 4 members (excludes halogenated alkanes) is 1. The van der Waals surface area contributed by atoms with Crippen LogP contribution in [0.25, 0.3) is 0 Å². The Labute approximate surface area is 97.0 Å². The van der Waals surface area contributed by atoms with Crippen molar-refractivity contribution in [3.8, 4) is 11.5 Å². The van der Waals surface area contributed by atoms with Gasteiger partial charge in [0.15, 0.2) is 11.5 Å². The first kappa shape index (κ1) is 12.8. The average Bonchev–Trinajstić information content (AvgIpc) is 2.29. The molecule has 0 aliphatic heterocycles. The highest BCUT2D eigenvalue weighted by molar-refractivity contribution is 5.43. The van der Waals surface area contributed by atoms with E-state index >= 15 is 0 Å². The summed E-state index contributed by atoms with van der Waals surface area (Å²) in [5.74, 6) is 1.41. The number of aliphatic hydroxyl groups excluding tert-OH is 1. The molecule has 0 radical (unpaired) electrons. The monoisotopic (exact) mass is 224 g/mol. The number of hydrogen-bond donors (Lipinski definition) is 1. The predicted molar refractivity (Wildman–Crippen MR) is 64.0 cm³/mol. The number of rotatable bonds is 6. The molecule has 0 spiro atoms. The number of aliphatic hydroxyl groups is 1. The Kier molecular flexibility index (Phi) is 5.12. The molecule has 0 unspecified atom stereocenters. The van der Waals surface area contributed by atoms with Crippen molar-refractivity contribution in [1.82, 2.24) is 0 Å². The van der Waals surface area contributed by atoms with Gasteiger partial charge in [-0.25, -0.2) is 0 Å². The molecule has 0 fully saturated rings. The Bertz CT molecular complexity index is 321. The fourth-order valence-corrected chi connectivity index (χ4v) is 1.39. The van der Waals surface area contributed by atoms with Crippen LogP contribution in [0.15, 0.2) is 18.2 Å². The van der Waals surface area contributed by atoms with Crippen molar-refractivity contribution in [2.45, 2.75) is 32.8 Å². The van der Waals surface area contributed by atoms with Crippen molar-refractivity contribution in [3.63, 3.8) is 0 Å². The predicted octanol–water partition coefficient (Wildman–Crippen LogP) is 2.93. The van der Waals surface area contributed by atoms with Crippen LogP contribution in [0.4, 0.5) is 0 Å². The lowest BCUT2D eigenvalue weighted by atomic mass is 10.1. The molecule has 1 aromatic carbocycles. The second-order valence-electron chi connectivity index (χ2n) is 3.79. The van der Waals surface area contributed by atoms with E-state index in [4.69, 9.17) is 9.47 Å². The first-order valence-corrected chi connectivity index (χ1v) is 5.67. The van der Waals surface area contributed by atoms with Crippen LogP contribution in [0.1, 0.15) is 38.4 Å². The molecule has 1 N–H and O–H groups in total. The van der Waals surface area contributed by atoms with Crippen LogP contribution in [-0.4, -0.2) is 18.8 Å². The highest BCUT2D eigenvalue weighted by atomic mass is 16.5. The molecule has 0 aliphatic rings. The molecule has 3 heteroatoms. The van der Waals surface area contributed by atoms with Gasteiger partial charge in [-0.1, -0.05) is 19.4 Å². The van der Waals surface area contributed by atoms with Gasteiger partial charge in [0.05, 0.1) is 19.8 Å². The molecule has 0 aliphatic carbocycles. The zero-order chi connectivity index (χ0) is 12.0. The zero-order valence-corrected chi connectivity index (χ0v) is 10.2. The van der Waals surface area contributed by atoms with Gasteiger partial charge < -0.3 is 14.6 Å². The lowest BCUT2D eigenvalue weighted by Gasteiger charge is -2.13. The van der Waals surface area contributed by atoms with Crippen LogP contribution < -0.4 is 9.47 Å². The van der Waals surface area contributed by atoms with E-state index in [1.807, 2.05) is 18.2 Å². The molecule has 0 heterocycles. The molecule has 0 bridgehead atoms. The maximum absolute atomic E-state index is 9.49. The van der Waals surface area contributed by atoms with Gasteiger partial charge in [0, 0.05) is 0 Å². The molecule has 16 heavy (non-hydrogen) atoms. The Morgan fingerprint density at radius 2 is 2.06 bits per heavy atom. The lowest BCUT2D eigenvalue weighted by molar-refractivity contribution is 0.198. The summed E-state index contributed by atoms with van der Waals surface area (Å²) in [4.78, 5) is 0. The van der Waals surface area contributed by atoms with Crippen LogP contribution in [0, 0.1) is 0 Å². The van der Waals surface area contributed by atoms with Gasteiger partial charge in [0.2, 0.25) is 0 Å². The van der Waals surface area contributed by atoms with Crippen LogP contribution in [0.2, 0.25) is 0 Å². The summed E-state index contributed by atoms with van der Waals surface area (Å²) >= 11 is 0. The minimum Gasteiger partial charge on any atom is -0.493 e. The summed E-state index contributed by atoms with van der Waals surface area (Å²) in [6, 6.07) is 5.50. The van der Waals surface area contributed by atoms with E-state index in [2.05, 4.69) is 6.92 Å². The normalized spacial score (nSPS) is 12.2. The van der Waals surface area contributed by atoms with E-state index in [9.17, 15) is 5.11 Å². The molecular formula is C13H20O3. The van der Waals surface area contributed by atoms with Gasteiger partial charge in [-0.3, -0.25) is 0 Å². The van der Waals surface area contributed by atoms with Crippen LogP contribution in [0.3, 0.4) is 0 Å². The highest BCUT2D eigenvalue weighted by Crippen LogP contribution is 2.30. The van der Waals surface area contributed by atoms with Gasteiger partial charge in [-0.2, -0.15) is 0 Å². The summed E-state index contributed by atoms with van der Waals surface area (Å²) in [6.45, 7) is 4.53. The molecule has 90 valence electrons. The number of hydrogen-bond acceptors (Lipinski definition) is 3. The lowest BCUT2D eigenvalue weighted by Crippen LogP contribution is -2.00. The minimum absolute atomic E-state index is 0.487. The maximum atomic E-state index is 9.49. The summed E-state index contributed by atoms with van der Waals surface area (Å²) in [5, 5.41) is 9.49. The van der Waals surface area contributed by atoms with Gasteiger partial charge in [-0.15, -0.1) is 0 Å². The van der Waals surface area contributed by atoms with Crippen LogP contribution in [0.5, 0.6) is 11.5 Å². The van der Waals surface area contributed by atoms with Gasteiger partial charge >= 0.3 is 0 Å². The summed E-state index contributed by atoms with van der Waals surface area (Å²) < 4.78 is 10.8. The smallest absolute Gasteiger partial charge is 0.161 e. The summed E-state index contributed by atoms with van der Waals surface area (Å²) in [6.07, 6.45) is 1.62. The molecule has 0 saturated heterocycles. The molecule has 1 aromatic rings. The van der Waals surface area contributed by atoms with Crippen LogP contribution >= 0.6 is 0 Å². The molecule has 0 amide bonds. The third kappa shape index (κ3) is 3.42. The largest absolute Gasteiger partial charge is 0.493 e. The maximum Gasteiger partial charge on any atom is 0.161 e. The van der Waals surface area contributed by atoms with E-state index in [-0.39, 0.29) is 0 Å². The average molecular weight is 224 g/mol. The molecule has 3 nitrogen and oxygen atoms in total. The van der Waals surface area contributed by atoms with E-state index in [1.165, 1.54) is 0 Å². The second kappa shape index (κ2) is 6.38. The van der Waals surface area contributed by atoms with Gasteiger partial charge in [0.1, 0.15) is 0 Å². The van der Waals surface area contributed by atoms with Crippen molar-refractivity contribution >= 4 is 0 Å². The number of benzene rings is 1. The van der Waals surface area contributed by atoms with E-state index < -0.39 is 6.10 Å². The molecular weight excluding hydrogens is 204 g/mol. The highest BCUT2D eigenvalue weighted by Gasteiger charge is 2.08. The molecule has 1 atom stereocenters. The number of methoxy groups -OCH3 is 1. The van der Waals surface area contributed by atoms with Crippen molar-refractivity contribution in [2.24, 2.45) is 0 Å². The molecule has 1 rings (SSSR count). The third-order valence-electron chi connectivity index (χ3n) is 2.43. The summed E-state index contributed by atoms with van der Waals surface area (Å²) in [5.41, 5.74) is 0.840. The van der Waals surface area contributed by atoms with E-state index in [0.717, 1.165) is 18.4 Å². The Balaban J connectivity index is 2.80. The van der Waals surface area contributed by atoms with E-state index in [0.29, 0.717) is 18.1 Å². The van der Waals surface area contributed by atoms with Crippen molar-refractivity contribution in [3.05, 3.63) is 23.8 Å². The van der Waals surface area contributed by atoms with E-state index in [1.54, 1.807) is 14.0 Å². The Morgan fingerprint density at radius 3 is 2.62 bits per heavy atom. The molecule has 0 aromatic heterocycles. The third-order valence-corrected chi connectivity index (χ3v) is 2.43. The van der Waals surface area contributed by atoms with Gasteiger partial charge in [0.25, 0.3) is 0 Å². The van der Waals surface area contributed by atoms with Gasteiger partial charge in [-0.05, 0) is 31.0 Å². The first-order valence-electron chi connectivity index (χ1n) is 5.67. The Morgan fingerprint density at radius 1 is 1.31 bits per heavy atom. The molecule has 0 saturated carbocycles. The number of ether oxygens (including phenoxy) is 2. The zero-order valence-electron chi connectivity index (χ0n) is 10.2. The Hall–Kier alpha value is -1.22. The summed E-state index contributed by atoms with van der Waals surface area (Å²) in [7, 11) is 1.62. The second-order valence-corrected chi connectivity index (χ2v) is 3.79. The fraction of sp³-hybridized carbons (Fsp3) is 0.538.